The highest BCUT2D eigenvalue weighted by Crippen LogP contribution is 2.17. The molecule has 25 heavy (non-hydrogen) atoms. The van der Waals surface area contributed by atoms with Gasteiger partial charge in [-0.2, -0.15) is 5.26 Å². The van der Waals surface area contributed by atoms with E-state index in [0.717, 1.165) is 0 Å². The van der Waals surface area contributed by atoms with Gasteiger partial charge in [0.15, 0.2) is 5.16 Å². The second-order valence-electron chi connectivity index (χ2n) is 5.31. The number of nitrogens with one attached hydrogen (secondary N) is 1. The minimum Gasteiger partial charge on any atom is -0.325 e. The number of nitriles is 1. The molecule has 0 bridgehead atoms. The zero-order valence-electron chi connectivity index (χ0n) is 13.4. The fraction of sp³-hybridized carbons (Fsp3) is 0.111. The van der Waals surface area contributed by atoms with Crippen LogP contribution in [0.15, 0.2) is 58.5 Å². The van der Waals surface area contributed by atoms with Crippen LogP contribution in [0.4, 0.5) is 5.69 Å². The summed E-state index contributed by atoms with van der Waals surface area (Å²) in [6.45, 7) is 0. The first-order chi connectivity index (χ1) is 12.1. The molecule has 0 aliphatic rings. The number of aromatic nitrogens is 2. The number of rotatable bonds is 4. The van der Waals surface area contributed by atoms with Crippen molar-refractivity contribution in [3.63, 3.8) is 0 Å². The van der Waals surface area contributed by atoms with Crippen molar-refractivity contribution in [2.24, 2.45) is 7.05 Å². The first-order valence-electron chi connectivity index (χ1n) is 7.47. The van der Waals surface area contributed by atoms with Crippen molar-refractivity contribution >= 4 is 34.3 Å². The Morgan fingerprint density at radius 1 is 1.28 bits per heavy atom. The van der Waals surface area contributed by atoms with E-state index in [1.54, 1.807) is 49.5 Å². The maximum absolute atomic E-state index is 12.3. The topological polar surface area (TPSA) is 87.8 Å². The quantitative estimate of drug-likeness (QED) is 0.577. The smallest absolute Gasteiger partial charge is 0.261 e. The summed E-state index contributed by atoms with van der Waals surface area (Å²) < 4.78 is 1.44. The highest BCUT2D eigenvalue weighted by Gasteiger charge is 2.11. The first-order valence-corrected chi connectivity index (χ1v) is 8.45. The molecule has 0 saturated heterocycles. The highest BCUT2D eigenvalue weighted by molar-refractivity contribution is 7.99. The molecule has 0 saturated carbocycles. The van der Waals surface area contributed by atoms with Gasteiger partial charge in [0, 0.05) is 12.7 Å². The molecule has 3 rings (SSSR count). The van der Waals surface area contributed by atoms with Gasteiger partial charge in [-0.25, -0.2) is 4.98 Å². The van der Waals surface area contributed by atoms with Gasteiger partial charge in [-0.1, -0.05) is 30.0 Å². The van der Waals surface area contributed by atoms with Crippen molar-refractivity contribution in [1.29, 1.82) is 5.26 Å². The van der Waals surface area contributed by atoms with Gasteiger partial charge in [0.2, 0.25) is 5.91 Å². The zero-order valence-corrected chi connectivity index (χ0v) is 14.2. The number of amides is 1. The molecule has 2 aromatic carbocycles. The molecule has 7 heteroatoms. The number of benzene rings is 2. The standard InChI is InChI=1S/C18H14N4O2S/c1-22-17(24)14-7-2-3-8-15(14)21-18(22)25-11-16(23)20-13-6-4-5-12(9-13)10-19/h2-9H,11H2,1H3,(H,20,23). The zero-order chi connectivity index (χ0) is 17.8. The number of thioether (sulfide) groups is 1. The summed E-state index contributed by atoms with van der Waals surface area (Å²) >= 11 is 1.19. The van der Waals surface area contributed by atoms with E-state index < -0.39 is 0 Å². The second-order valence-corrected chi connectivity index (χ2v) is 6.25. The highest BCUT2D eigenvalue weighted by atomic mass is 32.2. The molecule has 0 aliphatic heterocycles. The molecule has 0 fully saturated rings. The minimum absolute atomic E-state index is 0.107. The fourth-order valence-electron chi connectivity index (χ4n) is 2.32. The Hall–Kier alpha value is -3.11. The molecule has 0 aliphatic carbocycles. The molecule has 0 spiro atoms. The van der Waals surface area contributed by atoms with Crippen LogP contribution in [0, 0.1) is 11.3 Å². The van der Waals surface area contributed by atoms with E-state index in [1.807, 2.05) is 12.1 Å². The molecular formula is C18H14N4O2S. The maximum Gasteiger partial charge on any atom is 0.261 e. The van der Waals surface area contributed by atoms with Crippen molar-refractivity contribution in [2.45, 2.75) is 5.16 Å². The molecule has 0 radical (unpaired) electrons. The third-order valence-electron chi connectivity index (χ3n) is 3.55. The third-order valence-corrected chi connectivity index (χ3v) is 4.58. The number of anilines is 1. The van der Waals surface area contributed by atoms with Gasteiger partial charge in [-0.3, -0.25) is 14.2 Å². The van der Waals surface area contributed by atoms with Crippen LogP contribution in [-0.4, -0.2) is 21.2 Å². The Morgan fingerprint density at radius 2 is 2.08 bits per heavy atom. The number of hydrogen-bond donors (Lipinski definition) is 1. The van der Waals surface area contributed by atoms with Gasteiger partial charge in [0.05, 0.1) is 28.3 Å². The molecule has 6 nitrogen and oxygen atoms in total. The van der Waals surface area contributed by atoms with E-state index in [9.17, 15) is 9.59 Å². The summed E-state index contributed by atoms with van der Waals surface area (Å²) in [7, 11) is 1.64. The van der Waals surface area contributed by atoms with Crippen LogP contribution < -0.4 is 10.9 Å². The van der Waals surface area contributed by atoms with Gasteiger partial charge in [-0.15, -0.1) is 0 Å². The average molecular weight is 350 g/mol. The van der Waals surface area contributed by atoms with E-state index in [2.05, 4.69) is 10.3 Å². The lowest BCUT2D eigenvalue weighted by atomic mass is 10.2. The lowest BCUT2D eigenvalue weighted by Crippen LogP contribution is -2.21. The lowest BCUT2D eigenvalue weighted by molar-refractivity contribution is -0.113. The second kappa shape index (κ2) is 7.20. The normalized spacial score (nSPS) is 10.4. The Bertz CT molecular complexity index is 1050. The van der Waals surface area contributed by atoms with Crippen LogP contribution in [0.25, 0.3) is 10.9 Å². The molecule has 0 unspecified atom stereocenters. The van der Waals surface area contributed by atoms with Crippen molar-refractivity contribution < 1.29 is 4.79 Å². The van der Waals surface area contributed by atoms with Crippen LogP contribution in [-0.2, 0) is 11.8 Å². The monoisotopic (exact) mass is 350 g/mol. The number of nitrogens with zero attached hydrogens (tertiary/aromatic N) is 3. The van der Waals surface area contributed by atoms with Crippen molar-refractivity contribution in [3.8, 4) is 6.07 Å². The summed E-state index contributed by atoms with van der Waals surface area (Å²) in [6, 6.07) is 15.8. The van der Waals surface area contributed by atoms with Crippen molar-refractivity contribution in [2.75, 3.05) is 11.1 Å². The van der Waals surface area contributed by atoms with Crippen LogP contribution in [0.1, 0.15) is 5.56 Å². The number of fused-ring (bicyclic) bond motifs is 1. The van der Waals surface area contributed by atoms with Crippen LogP contribution in [0.3, 0.4) is 0 Å². The average Bonchev–Trinajstić information content (AvgIpc) is 2.63. The van der Waals surface area contributed by atoms with Gasteiger partial charge < -0.3 is 5.32 Å². The predicted molar refractivity (Wildman–Crippen MR) is 97.5 cm³/mol. The molecule has 1 heterocycles. The van der Waals surface area contributed by atoms with Crippen LogP contribution in [0.5, 0.6) is 0 Å². The van der Waals surface area contributed by atoms with Gasteiger partial charge in [0.1, 0.15) is 0 Å². The lowest BCUT2D eigenvalue weighted by Gasteiger charge is -2.09. The summed E-state index contributed by atoms with van der Waals surface area (Å²) in [4.78, 5) is 28.9. The maximum atomic E-state index is 12.3. The summed E-state index contributed by atoms with van der Waals surface area (Å²) in [5.41, 5.74) is 1.50. The number of carbonyl (C=O) groups excluding carboxylic acids is 1. The fourth-order valence-corrected chi connectivity index (χ4v) is 3.09. The Kier molecular flexibility index (Phi) is 4.82. The Labute approximate surface area is 148 Å². The number of hydrogen-bond acceptors (Lipinski definition) is 5. The Morgan fingerprint density at radius 3 is 2.88 bits per heavy atom. The molecule has 3 aromatic rings. The van der Waals surface area contributed by atoms with E-state index in [0.29, 0.717) is 27.3 Å². The SMILES string of the molecule is Cn1c(SCC(=O)Nc2cccc(C#N)c2)nc2ccccc2c1=O. The number of para-hydroxylation sites is 1. The summed E-state index contributed by atoms with van der Waals surface area (Å²) in [6.07, 6.45) is 0. The van der Waals surface area contributed by atoms with Gasteiger partial charge in [-0.05, 0) is 30.3 Å². The van der Waals surface area contributed by atoms with E-state index in [4.69, 9.17) is 5.26 Å². The third kappa shape index (κ3) is 3.70. The molecule has 1 amide bonds. The van der Waals surface area contributed by atoms with E-state index in [1.165, 1.54) is 16.3 Å². The molecule has 1 N–H and O–H groups in total. The van der Waals surface area contributed by atoms with Crippen LogP contribution >= 0.6 is 11.8 Å². The van der Waals surface area contributed by atoms with Gasteiger partial charge >= 0.3 is 0 Å². The first kappa shape index (κ1) is 16.7. The molecule has 1 aromatic heterocycles. The van der Waals surface area contributed by atoms with Crippen molar-refractivity contribution in [1.82, 2.24) is 9.55 Å². The van der Waals surface area contributed by atoms with E-state index >= 15 is 0 Å². The summed E-state index contributed by atoms with van der Waals surface area (Å²) in [5.74, 6) is -0.127. The largest absolute Gasteiger partial charge is 0.325 e. The molecule has 124 valence electrons. The van der Waals surface area contributed by atoms with Crippen molar-refractivity contribution in [3.05, 3.63) is 64.4 Å². The minimum atomic E-state index is -0.234. The summed E-state index contributed by atoms with van der Waals surface area (Å²) in [5, 5.41) is 12.6. The molecule has 0 atom stereocenters. The van der Waals surface area contributed by atoms with Gasteiger partial charge in [0.25, 0.3) is 5.56 Å². The number of carbonyl (C=O) groups is 1. The molecular weight excluding hydrogens is 336 g/mol. The predicted octanol–water partition coefficient (Wildman–Crippen LogP) is 2.54. The van der Waals surface area contributed by atoms with E-state index in [-0.39, 0.29) is 17.2 Å². The Balaban J connectivity index is 1.74. The van der Waals surface area contributed by atoms with Crippen LogP contribution in [0.2, 0.25) is 0 Å².